The zero-order valence-corrected chi connectivity index (χ0v) is 11.9. The third-order valence-corrected chi connectivity index (χ3v) is 5.93. The maximum atomic E-state index is 12.3. The summed E-state index contributed by atoms with van der Waals surface area (Å²) in [5.74, 6) is 0.774. The molecule has 0 aliphatic carbocycles. The van der Waals surface area contributed by atoms with Crippen molar-refractivity contribution in [3.8, 4) is 0 Å². The molecule has 0 bridgehead atoms. The van der Waals surface area contributed by atoms with Crippen LogP contribution in [-0.2, 0) is 14.6 Å². The normalized spacial score (nSPS) is 33.7. The van der Waals surface area contributed by atoms with E-state index in [9.17, 15) is 13.2 Å². The Morgan fingerprint density at radius 3 is 2.83 bits per heavy atom. The van der Waals surface area contributed by atoms with E-state index in [0.717, 1.165) is 12.8 Å². The molecule has 0 aromatic heterocycles. The summed E-state index contributed by atoms with van der Waals surface area (Å²) < 4.78 is 23.3. The van der Waals surface area contributed by atoms with Crippen molar-refractivity contribution >= 4 is 15.7 Å². The molecule has 2 rings (SSSR count). The Balaban J connectivity index is 2.05. The zero-order valence-electron chi connectivity index (χ0n) is 11.1. The summed E-state index contributed by atoms with van der Waals surface area (Å²) in [4.78, 5) is 14.0. The summed E-state index contributed by atoms with van der Waals surface area (Å²) in [6, 6.07) is -0.266. The number of nitrogens with one attached hydrogen (secondary N) is 1. The van der Waals surface area contributed by atoms with E-state index in [1.807, 2.05) is 0 Å². The van der Waals surface area contributed by atoms with Crippen LogP contribution in [0, 0.1) is 5.92 Å². The lowest BCUT2D eigenvalue weighted by atomic mass is 9.99. The van der Waals surface area contributed by atoms with Crippen LogP contribution < -0.4 is 5.32 Å². The van der Waals surface area contributed by atoms with Crippen molar-refractivity contribution in [3.05, 3.63) is 0 Å². The lowest BCUT2D eigenvalue weighted by molar-refractivity contribution is -0.131. The van der Waals surface area contributed by atoms with Gasteiger partial charge in [0.1, 0.15) is 0 Å². The van der Waals surface area contributed by atoms with E-state index in [1.54, 1.807) is 4.90 Å². The van der Waals surface area contributed by atoms with Crippen LogP contribution in [0.1, 0.15) is 33.1 Å². The van der Waals surface area contributed by atoms with Crippen molar-refractivity contribution in [2.45, 2.75) is 45.2 Å². The Morgan fingerprint density at radius 2 is 2.22 bits per heavy atom. The maximum absolute atomic E-state index is 12.3. The van der Waals surface area contributed by atoms with Crippen molar-refractivity contribution in [2.75, 3.05) is 18.2 Å². The minimum Gasteiger partial charge on any atom is -0.325 e. The Kier molecular flexibility index (Phi) is 3.96. The van der Waals surface area contributed by atoms with E-state index in [-0.39, 0.29) is 29.5 Å². The SMILES string of the molecule is CCC(C)C1NCN(C2CCCS(=O)(=O)C2)C1=O. The highest BCUT2D eigenvalue weighted by atomic mass is 32.2. The summed E-state index contributed by atoms with van der Waals surface area (Å²) in [5, 5.41) is 3.21. The van der Waals surface area contributed by atoms with Gasteiger partial charge in [0.25, 0.3) is 0 Å². The van der Waals surface area contributed by atoms with E-state index >= 15 is 0 Å². The predicted octanol–water partition coefficient (Wildman–Crippen LogP) is 0.368. The van der Waals surface area contributed by atoms with Crippen LogP contribution >= 0.6 is 0 Å². The van der Waals surface area contributed by atoms with Gasteiger partial charge >= 0.3 is 0 Å². The summed E-state index contributed by atoms with van der Waals surface area (Å²) in [5.41, 5.74) is 0. The van der Waals surface area contributed by atoms with Gasteiger partial charge in [0.15, 0.2) is 9.84 Å². The number of sulfone groups is 1. The third-order valence-electron chi connectivity index (χ3n) is 4.12. The number of amides is 1. The molecule has 6 heteroatoms. The minimum absolute atomic E-state index is 0.0754. The fourth-order valence-electron chi connectivity index (χ4n) is 2.77. The van der Waals surface area contributed by atoms with Gasteiger partial charge in [0.05, 0.1) is 24.2 Å². The molecule has 2 heterocycles. The molecule has 1 amide bonds. The molecular formula is C12H22N2O3S. The topological polar surface area (TPSA) is 66.5 Å². The molecule has 3 atom stereocenters. The van der Waals surface area contributed by atoms with Crippen molar-refractivity contribution in [1.29, 1.82) is 0 Å². The second kappa shape index (κ2) is 5.17. The van der Waals surface area contributed by atoms with E-state index in [2.05, 4.69) is 19.2 Å². The third kappa shape index (κ3) is 2.69. The van der Waals surface area contributed by atoms with Crippen molar-refractivity contribution in [1.82, 2.24) is 10.2 Å². The van der Waals surface area contributed by atoms with Crippen LogP contribution in [0.15, 0.2) is 0 Å². The van der Waals surface area contributed by atoms with Gasteiger partial charge in [-0.2, -0.15) is 0 Å². The molecule has 0 spiro atoms. The Labute approximate surface area is 109 Å². The molecule has 2 aliphatic rings. The minimum atomic E-state index is -2.96. The van der Waals surface area contributed by atoms with Crippen LogP contribution in [0.25, 0.3) is 0 Å². The molecule has 3 unspecified atom stereocenters. The number of nitrogens with zero attached hydrogens (tertiary/aromatic N) is 1. The van der Waals surface area contributed by atoms with Gasteiger partial charge in [-0.3, -0.25) is 10.1 Å². The Bertz CT molecular complexity index is 421. The average Bonchev–Trinajstić information content (AvgIpc) is 2.69. The van der Waals surface area contributed by atoms with Crippen LogP contribution in [0.3, 0.4) is 0 Å². The lowest BCUT2D eigenvalue weighted by Crippen LogP contribution is -2.46. The molecular weight excluding hydrogens is 252 g/mol. The molecule has 2 fully saturated rings. The Hall–Kier alpha value is -0.620. The number of carbonyl (C=O) groups is 1. The van der Waals surface area contributed by atoms with E-state index in [4.69, 9.17) is 0 Å². The number of hydrogen-bond donors (Lipinski definition) is 1. The molecule has 1 N–H and O–H groups in total. The summed E-state index contributed by atoms with van der Waals surface area (Å²) in [7, 11) is -2.96. The summed E-state index contributed by atoms with van der Waals surface area (Å²) in [6.45, 7) is 4.61. The van der Waals surface area contributed by atoms with E-state index in [1.165, 1.54) is 0 Å². The first-order valence-corrected chi connectivity index (χ1v) is 8.51. The maximum Gasteiger partial charge on any atom is 0.241 e. The van der Waals surface area contributed by atoms with Gasteiger partial charge in [-0.25, -0.2) is 8.42 Å². The highest BCUT2D eigenvalue weighted by molar-refractivity contribution is 7.91. The average molecular weight is 274 g/mol. The van der Waals surface area contributed by atoms with Gasteiger partial charge < -0.3 is 4.90 Å². The highest BCUT2D eigenvalue weighted by Crippen LogP contribution is 2.23. The zero-order chi connectivity index (χ0) is 13.3. The molecule has 0 saturated carbocycles. The second-order valence-electron chi connectivity index (χ2n) is 5.44. The van der Waals surface area contributed by atoms with Gasteiger partial charge in [0.2, 0.25) is 5.91 Å². The van der Waals surface area contributed by atoms with Gasteiger partial charge in [-0.1, -0.05) is 20.3 Å². The number of rotatable bonds is 3. The van der Waals surface area contributed by atoms with Crippen molar-refractivity contribution < 1.29 is 13.2 Å². The van der Waals surface area contributed by atoms with Crippen LogP contribution in [0.5, 0.6) is 0 Å². The van der Waals surface area contributed by atoms with Gasteiger partial charge in [-0.05, 0) is 18.8 Å². The molecule has 5 nitrogen and oxygen atoms in total. The second-order valence-corrected chi connectivity index (χ2v) is 7.67. The smallest absolute Gasteiger partial charge is 0.241 e. The molecule has 104 valence electrons. The van der Waals surface area contributed by atoms with Gasteiger partial charge in [0, 0.05) is 6.04 Å². The first-order chi connectivity index (χ1) is 8.44. The summed E-state index contributed by atoms with van der Waals surface area (Å²) in [6.07, 6.45) is 2.42. The quantitative estimate of drug-likeness (QED) is 0.807. The van der Waals surface area contributed by atoms with Crippen LogP contribution in [0.2, 0.25) is 0 Å². The Morgan fingerprint density at radius 1 is 1.50 bits per heavy atom. The summed E-state index contributed by atoms with van der Waals surface area (Å²) >= 11 is 0. The van der Waals surface area contributed by atoms with Gasteiger partial charge in [-0.15, -0.1) is 0 Å². The van der Waals surface area contributed by atoms with E-state index < -0.39 is 9.84 Å². The molecule has 2 aliphatic heterocycles. The standard InChI is InChI=1S/C12H22N2O3S/c1-3-9(2)11-12(15)14(8-13-11)10-5-4-6-18(16,17)7-10/h9-11,13H,3-8H2,1-2H3. The lowest BCUT2D eigenvalue weighted by Gasteiger charge is -2.30. The van der Waals surface area contributed by atoms with Crippen LogP contribution in [-0.4, -0.2) is 49.5 Å². The number of hydrogen-bond acceptors (Lipinski definition) is 4. The van der Waals surface area contributed by atoms with Crippen LogP contribution in [0.4, 0.5) is 0 Å². The largest absolute Gasteiger partial charge is 0.325 e. The highest BCUT2D eigenvalue weighted by Gasteiger charge is 2.40. The van der Waals surface area contributed by atoms with Crippen molar-refractivity contribution in [3.63, 3.8) is 0 Å². The molecule has 2 saturated heterocycles. The molecule has 18 heavy (non-hydrogen) atoms. The molecule has 0 aromatic rings. The first kappa shape index (κ1) is 13.8. The first-order valence-electron chi connectivity index (χ1n) is 6.69. The fourth-order valence-corrected chi connectivity index (χ4v) is 4.48. The van der Waals surface area contributed by atoms with E-state index in [0.29, 0.717) is 19.0 Å². The van der Waals surface area contributed by atoms with Crippen molar-refractivity contribution in [2.24, 2.45) is 5.92 Å². The molecule has 0 aromatic carbocycles. The predicted molar refractivity (Wildman–Crippen MR) is 69.8 cm³/mol. The molecule has 0 radical (unpaired) electrons. The monoisotopic (exact) mass is 274 g/mol. The fraction of sp³-hybridized carbons (Fsp3) is 0.917. The number of carbonyl (C=O) groups excluding carboxylic acids is 1.